The van der Waals surface area contributed by atoms with Crippen molar-refractivity contribution in [3.8, 4) is 0 Å². The van der Waals surface area contributed by atoms with Gasteiger partial charge in [-0.05, 0) is 6.42 Å². The highest BCUT2D eigenvalue weighted by molar-refractivity contribution is 6.29. The smallest absolute Gasteiger partial charge is 0.182 e. The normalized spacial score (nSPS) is 39.8. The Hall–Kier alpha value is 0.500. The second-order valence-electron chi connectivity index (χ2n) is 1.57. The van der Waals surface area contributed by atoms with Gasteiger partial charge in [-0.1, -0.05) is 11.6 Å². The highest BCUT2D eigenvalue weighted by Crippen LogP contribution is 2.19. The summed E-state index contributed by atoms with van der Waals surface area (Å²) in [6, 6.07) is 0. The molecule has 0 bridgehead atoms. The fraction of sp³-hybridized carbons (Fsp3) is 1.00. The van der Waals surface area contributed by atoms with Crippen LogP contribution in [0, 0.1) is 0 Å². The minimum atomic E-state index is -0.481. The summed E-state index contributed by atoms with van der Waals surface area (Å²) in [5.74, 6) is 0. The topological polar surface area (TPSA) is 18.5 Å². The van der Waals surface area contributed by atoms with Crippen LogP contribution in [0.15, 0.2) is 0 Å². The Morgan fingerprint density at radius 3 is 2.50 bits per heavy atom. The van der Waals surface area contributed by atoms with Gasteiger partial charge in [-0.15, -0.1) is 11.6 Å². The van der Waals surface area contributed by atoms with Gasteiger partial charge in [-0.3, -0.25) is 0 Å². The molecule has 1 heterocycles. The maximum Gasteiger partial charge on any atom is 0.182 e. The Morgan fingerprint density at radius 2 is 2.12 bits per heavy atom. The first-order valence-electron chi connectivity index (χ1n) is 2.37. The molecule has 2 atom stereocenters. The lowest BCUT2D eigenvalue weighted by Crippen LogP contribution is -2.26. The van der Waals surface area contributed by atoms with Gasteiger partial charge in [-0.25, -0.2) is 9.78 Å². The van der Waals surface area contributed by atoms with Gasteiger partial charge in [-0.2, -0.15) is 0 Å². The Morgan fingerprint density at radius 1 is 1.38 bits per heavy atom. The highest BCUT2D eigenvalue weighted by atomic mass is 35.5. The maximum absolute atomic E-state index is 5.63. The molecule has 1 aliphatic rings. The van der Waals surface area contributed by atoms with Crippen LogP contribution in [0.3, 0.4) is 0 Å². The van der Waals surface area contributed by atoms with Gasteiger partial charge in [0.05, 0.1) is 12.0 Å². The van der Waals surface area contributed by atoms with Gasteiger partial charge < -0.3 is 0 Å². The molecule has 0 aliphatic carbocycles. The SMILES string of the molecule is ClC1CCOOC1Cl. The molecule has 0 aromatic heterocycles. The molecule has 0 N–H and O–H groups in total. The zero-order valence-electron chi connectivity index (χ0n) is 4.14. The van der Waals surface area contributed by atoms with E-state index in [1.54, 1.807) is 0 Å². The van der Waals surface area contributed by atoms with E-state index in [0.29, 0.717) is 6.61 Å². The monoisotopic (exact) mass is 156 g/mol. The molecule has 0 radical (unpaired) electrons. The van der Waals surface area contributed by atoms with Gasteiger partial charge in [0, 0.05) is 0 Å². The highest BCUT2D eigenvalue weighted by Gasteiger charge is 2.22. The molecule has 1 aliphatic heterocycles. The lowest BCUT2D eigenvalue weighted by Gasteiger charge is -2.20. The standard InChI is InChI=1S/C4H6Cl2O2/c5-3-1-2-7-8-4(3)6/h3-4H,1-2H2. The summed E-state index contributed by atoms with van der Waals surface area (Å²) in [5, 5.41) is -0.106. The first-order chi connectivity index (χ1) is 3.80. The number of halogens is 2. The van der Waals surface area contributed by atoms with Gasteiger partial charge in [0.1, 0.15) is 0 Å². The van der Waals surface area contributed by atoms with Crippen LogP contribution in [0.2, 0.25) is 0 Å². The van der Waals surface area contributed by atoms with Crippen molar-refractivity contribution < 1.29 is 9.78 Å². The minimum absolute atomic E-state index is 0.106. The van der Waals surface area contributed by atoms with Crippen molar-refractivity contribution in [3.63, 3.8) is 0 Å². The summed E-state index contributed by atoms with van der Waals surface area (Å²) in [6.45, 7) is 0.539. The van der Waals surface area contributed by atoms with Crippen LogP contribution in [-0.4, -0.2) is 17.5 Å². The molecule has 48 valence electrons. The summed E-state index contributed by atoms with van der Waals surface area (Å²) >= 11 is 11.1. The van der Waals surface area contributed by atoms with Gasteiger partial charge in [0.25, 0.3) is 0 Å². The van der Waals surface area contributed by atoms with Crippen molar-refractivity contribution in [3.05, 3.63) is 0 Å². The Bertz CT molecular complexity index is 68.4. The van der Waals surface area contributed by atoms with Crippen molar-refractivity contribution in [2.45, 2.75) is 17.4 Å². The molecule has 4 heteroatoms. The van der Waals surface area contributed by atoms with Crippen molar-refractivity contribution in [2.75, 3.05) is 6.61 Å². The zero-order valence-corrected chi connectivity index (χ0v) is 5.65. The van der Waals surface area contributed by atoms with Crippen LogP contribution in [0.1, 0.15) is 6.42 Å². The fourth-order valence-corrected chi connectivity index (χ4v) is 0.774. The lowest BCUT2D eigenvalue weighted by atomic mass is 10.3. The van der Waals surface area contributed by atoms with Crippen LogP contribution >= 0.6 is 23.2 Å². The molecule has 8 heavy (non-hydrogen) atoms. The third-order valence-electron chi connectivity index (χ3n) is 0.921. The average Bonchev–Trinajstić information content (AvgIpc) is 1.77. The molecule has 2 nitrogen and oxygen atoms in total. The molecular weight excluding hydrogens is 151 g/mol. The van der Waals surface area contributed by atoms with Crippen LogP contribution in [0.4, 0.5) is 0 Å². The Kier molecular flexibility index (Phi) is 2.38. The Labute approximate surface area is 57.6 Å². The molecule has 0 amide bonds. The van der Waals surface area contributed by atoms with Crippen molar-refractivity contribution in [1.82, 2.24) is 0 Å². The fourth-order valence-electron chi connectivity index (χ4n) is 0.465. The number of hydrogen-bond acceptors (Lipinski definition) is 2. The van der Waals surface area contributed by atoms with Crippen LogP contribution in [0.25, 0.3) is 0 Å². The molecule has 0 saturated carbocycles. The summed E-state index contributed by atoms with van der Waals surface area (Å²) in [5.41, 5.74) is -0.481. The van der Waals surface area contributed by atoms with E-state index in [2.05, 4.69) is 9.78 Å². The third kappa shape index (κ3) is 1.49. The summed E-state index contributed by atoms with van der Waals surface area (Å²) in [7, 11) is 0. The third-order valence-corrected chi connectivity index (χ3v) is 1.87. The van der Waals surface area contributed by atoms with Crippen molar-refractivity contribution >= 4 is 23.2 Å². The molecule has 1 fully saturated rings. The van der Waals surface area contributed by atoms with Gasteiger partial charge >= 0.3 is 0 Å². The molecule has 1 rings (SSSR count). The predicted molar refractivity (Wildman–Crippen MR) is 30.9 cm³/mol. The number of alkyl halides is 2. The molecule has 0 aromatic rings. The van der Waals surface area contributed by atoms with E-state index in [4.69, 9.17) is 23.2 Å². The van der Waals surface area contributed by atoms with Crippen molar-refractivity contribution in [1.29, 1.82) is 0 Å². The van der Waals surface area contributed by atoms with E-state index >= 15 is 0 Å². The van der Waals surface area contributed by atoms with E-state index in [9.17, 15) is 0 Å². The van der Waals surface area contributed by atoms with E-state index in [1.165, 1.54) is 0 Å². The maximum atomic E-state index is 5.63. The second-order valence-corrected chi connectivity index (χ2v) is 2.56. The number of hydrogen-bond donors (Lipinski definition) is 0. The first-order valence-corrected chi connectivity index (χ1v) is 3.24. The molecule has 0 spiro atoms. The Balaban J connectivity index is 2.28. The van der Waals surface area contributed by atoms with Gasteiger partial charge in [0.2, 0.25) is 0 Å². The summed E-state index contributed by atoms with van der Waals surface area (Å²) < 4.78 is 0. The predicted octanol–water partition coefficient (Wildman–Crippen LogP) is 1.51. The van der Waals surface area contributed by atoms with Crippen molar-refractivity contribution in [2.24, 2.45) is 0 Å². The quantitative estimate of drug-likeness (QED) is 0.392. The van der Waals surface area contributed by atoms with E-state index in [1.807, 2.05) is 0 Å². The second kappa shape index (κ2) is 2.87. The average molecular weight is 157 g/mol. The van der Waals surface area contributed by atoms with Crippen LogP contribution < -0.4 is 0 Å². The van der Waals surface area contributed by atoms with E-state index in [0.717, 1.165) is 6.42 Å². The lowest BCUT2D eigenvalue weighted by molar-refractivity contribution is -0.323. The van der Waals surface area contributed by atoms with E-state index in [-0.39, 0.29) is 5.38 Å². The molecule has 0 aromatic carbocycles. The van der Waals surface area contributed by atoms with Gasteiger partial charge in [0.15, 0.2) is 5.56 Å². The van der Waals surface area contributed by atoms with Crippen LogP contribution in [-0.2, 0) is 9.78 Å². The largest absolute Gasteiger partial charge is 0.235 e. The zero-order chi connectivity index (χ0) is 5.98. The molecular formula is C4H6Cl2O2. The van der Waals surface area contributed by atoms with Crippen LogP contribution in [0.5, 0.6) is 0 Å². The minimum Gasteiger partial charge on any atom is -0.235 e. The molecule has 1 saturated heterocycles. The summed E-state index contributed by atoms with van der Waals surface area (Å²) in [6.07, 6.45) is 0.760. The first kappa shape index (κ1) is 6.62. The van der Waals surface area contributed by atoms with E-state index < -0.39 is 5.56 Å². The molecule has 2 unspecified atom stereocenters. The number of rotatable bonds is 0. The summed E-state index contributed by atoms with van der Waals surface area (Å²) in [4.78, 5) is 9.06.